The SMILES string of the molecule is CCNC(=NCCCc1c[nH]c2ccccc12)NC1CCCC(C(=O)NC(C)C)C1.I. The molecule has 31 heavy (non-hydrogen) atoms. The van der Waals surface area contributed by atoms with E-state index in [1.54, 1.807) is 0 Å². The van der Waals surface area contributed by atoms with Crippen LogP contribution in [0.4, 0.5) is 0 Å². The highest BCUT2D eigenvalue weighted by atomic mass is 127. The minimum Gasteiger partial charge on any atom is -0.361 e. The van der Waals surface area contributed by atoms with Gasteiger partial charge in [0.2, 0.25) is 5.91 Å². The molecule has 172 valence electrons. The lowest BCUT2D eigenvalue weighted by Crippen LogP contribution is -2.47. The number of H-pyrrole nitrogens is 1. The first kappa shape index (κ1) is 25.5. The number of nitrogens with one attached hydrogen (secondary N) is 4. The molecular weight excluding hydrogens is 501 g/mol. The van der Waals surface area contributed by atoms with E-state index in [0.29, 0.717) is 6.04 Å². The van der Waals surface area contributed by atoms with Crippen molar-refractivity contribution in [3.05, 3.63) is 36.0 Å². The predicted octanol–water partition coefficient (Wildman–Crippen LogP) is 4.36. The molecule has 1 fully saturated rings. The summed E-state index contributed by atoms with van der Waals surface area (Å²) >= 11 is 0. The Kier molecular flexibility index (Phi) is 10.6. The minimum absolute atomic E-state index is 0. The van der Waals surface area contributed by atoms with E-state index in [1.807, 2.05) is 13.8 Å². The Labute approximate surface area is 203 Å². The molecule has 1 aliphatic rings. The Morgan fingerprint density at radius 2 is 2.06 bits per heavy atom. The van der Waals surface area contributed by atoms with E-state index in [-0.39, 0.29) is 41.8 Å². The molecule has 4 N–H and O–H groups in total. The Bertz CT molecular complexity index is 847. The normalized spacial score (nSPS) is 19.2. The molecule has 2 aromatic rings. The number of rotatable bonds is 8. The summed E-state index contributed by atoms with van der Waals surface area (Å²) in [7, 11) is 0. The number of aryl methyl sites for hydroxylation is 1. The second-order valence-corrected chi connectivity index (χ2v) is 8.59. The van der Waals surface area contributed by atoms with E-state index in [1.165, 1.54) is 16.5 Å². The third-order valence-corrected chi connectivity index (χ3v) is 5.71. The third kappa shape index (κ3) is 7.70. The zero-order chi connectivity index (χ0) is 21.3. The van der Waals surface area contributed by atoms with Crippen LogP contribution in [-0.4, -0.2) is 42.0 Å². The van der Waals surface area contributed by atoms with Crippen molar-refractivity contribution in [1.82, 2.24) is 20.9 Å². The maximum absolute atomic E-state index is 12.4. The largest absolute Gasteiger partial charge is 0.361 e. The Morgan fingerprint density at radius 3 is 2.84 bits per heavy atom. The average Bonchev–Trinajstić information content (AvgIpc) is 3.14. The smallest absolute Gasteiger partial charge is 0.223 e. The van der Waals surface area contributed by atoms with Crippen LogP contribution in [0.3, 0.4) is 0 Å². The Hall–Kier alpha value is -1.77. The molecule has 0 spiro atoms. The van der Waals surface area contributed by atoms with Crippen molar-refractivity contribution < 1.29 is 4.79 Å². The maximum atomic E-state index is 12.4. The fourth-order valence-electron chi connectivity index (χ4n) is 4.27. The first-order valence-corrected chi connectivity index (χ1v) is 11.5. The van der Waals surface area contributed by atoms with Crippen molar-refractivity contribution in [2.45, 2.75) is 71.4 Å². The number of hydrogen-bond donors (Lipinski definition) is 4. The number of fused-ring (bicyclic) bond motifs is 1. The maximum Gasteiger partial charge on any atom is 0.223 e. The van der Waals surface area contributed by atoms with E-state index in [4.69, 9.17) is 4.99 Å². The van der Waals surface area contributed by atoms with Gasteiger partial charge in [-0.15, -0.1) is 24.0 Å². The van der Waals surface area contributed by atoms with E-state index >= 15 is 0 Å². The number of guanidine groups is 1. The molecule has 7 heteroatoms. The number of amides is 1. The van der Waals surface area contributed by atoms with E-state index in [9.17, 15) is 4.79 Å². The lowest BCUT2D eigenvalue weighted by atomic mass is 9.85. The van der Waals surface area contributed by atoms with Gasteiger partial charge in [-0.1, -0.05) is 24.6 Å². The quantitative estimate of drug-likeness (QED) is 0.174. The molecule has 0 saturated heterocycles. The lowest BCUT2D eigenvalue weighted by molar-refractivity contribution is -0.126. The molecule has 1 heterocycles. The number of aromatic amines is 1. The molecule has 2 unspecified atom stereocenters. The molecule has 3 rings (SSSR count). The number of para-hydroxylation sites is 1. The van der Waals surface area contributed by atoms with Gasteiger partial charge in [0.05, 0.1) is 0 Å². The zero-order valence-electron chi connectivity index (χ0n) is 19.0. The molecule has 2 atom stereocenters. The van der Waals surface area contributed by atoms with Crippen LogP contribution >= 0.6 is 24.0 Å². The number of halogens is 1. The number of benzene rings is 1. The topological polar surface area (TPSA) is 81.3 Å². The van der Waals surface area contributed by atoms with E-state index in [2.05, 4.69) is 58.3 Å². The van der Waals surface area contributed by atoms with Crippen LogP contribution < -0.4 is 16.0 Å². The summed E-state index contributed by atoms with van der Waals surface area (Å²) < 4.78 is 0. The van der Waals surface area contributed by atoms with Gasteiger partial charge in [0.25, 0.3) is 0 Å². The highest BCUT2D eigenvalue weighted by Gasteiger charge is 2.27. The van der Waals surface area contributed by atoms with Crippen molar-refractivity contribution in [3.8, 4) is 0 Å². The molecule has 6 nitrogen and oxygen atoms in total. The summed E-state index contributed by atoms with van der Waals surface area (Å²) in [6.07, 6.45) is 8.14. The molecule has 0 bridgehead atoms. The summed E-state index contributed by atoms with van der Waals surface area (Å²) in [6.45, 7) is 7.73. The predicted molar refractivity (Wildman–Crippen MR) is 140 cm³/mol. The van der Waals surface area contributed by atoms with Gasteiger partial charge in [-0.3, -0.25) is 9.79 Å². The molecular formula is C24H38IN5O. The van der Waals surface area contributed by atoms with Gasteiger partial charge in [-0.25, -0.2) is 0 Å². The Balaban J connectivity index is 0.00000341. The van der Waals surface area contributed by atoms with Crippen LogP contribution in [0.5, 0.6) is 0 Å². The second kappa shape index (κ2) is 12.9. The molecule has 1 aromatic carbocycles. The van der Waals surface area contributed by atoms with Gasteiger partial charge in [0.1, 0.15) is 0 Å². The average molecular weight is 540 g/mol. The van der Waals surface area contributed by atoms with Crippen LogP contribution in [0.1, 0.15) is 58.4 Å². The van der Waals surface area contributed by atoms with Gasteiger partial charge < -0.3 is 20.9 Å². The van der Waals surface area contributed by atoms with Crippen LogP contribution in [0, 0.1) is 5.92 Å². The monoisotopic (exact) mass is 539 g/mol. The van der Waals surface area contributed by atoms with Crippen LogP contribution in [0.2, 0.25) is 0 Å². The van der Waals surface area contributed by atoms with Crippen molar-refractivity contribution in [2.75, 3.05) is 13.1 Å². The zero-order valence-corrected chi connectivity index (χ0v) is 21.4. The van der Waals surface area contributed by atoms with Gasteiger partial charge in [0.15, 0.2) is 5.96 Å². The van der Waals surface area contributed by atoms with E-state index < -0.39 is 0 Å². The summed E-state index contributed by atoms with van der Waals surface area (Å²) in [4.78, 5) is 20.5. The van der Waals surface area contributed by atoms with Crippen LogP contribution in [0.25, 0.3) is 10.9 Å². The van der Waals surface area contributed by atoms with E-state index in [0.717, 1.165) is 57.6 Å². The second-order valence-electron chi connectivity index (χ2n) is 8.59. The highest BCUT2D eigenvalue weighted by Crippen LogP contribution is 2.24. The fraction of sp³-hybridized carbons (Fsp3) is 0.583. The molecule has 1 aliphatic carbocycles. The van der Waals surface area contributed by atoms with Crippen molar-refractivity contribution in [1.29, 1.82) is 0 Å². The van der Waals surface area contributed by atoms with Crippen molar-refractivity contribution >= 4 is 46.7 Å². The Morgan fingerprint density at radius 1 is 1.26 bits per heavy atom. The summed E-state index contributed by atoms with van der Waals surface area (Å²) in [5.74, 6) is 1.16. The fourth-order valence-corrected chi connectivity index (χ4v) is 4.27. The number of aromatic nitrogens is 1. The summed E-state index contributed by atoms with van der Waals surface area (Å²) in [5.41, 5.74) is 2.55. The molecule has 0 radical (unpaired) electrons. The number of hydrogen-bond acceptors (Lipinski definition) is 2. The van der Waals surface area contributed by atoms with Gasteiger partial charge in [-0.2, -0.15) is 0 Å². The highest BCUT2D eigenvalue weighted by molar-refractivity contribution is 14.0. The molecule has 1 saturated carbocycles. The first-order chi connectivity index (χ1) is 14.6. The van der Waals surface area contributed by atoms with Crippen molar-refractivity contribution in [3.63, 3.8) is 0 Å². The lowest BCUT2D eigenvalue weighted by Gasteiger charge is -2.30. The van der Waals surface area contributed by atoms with Crippen molar-refractivity contribution in [2.24, 2.45) is 10.9 Å². The van der Waals surface area contributed by atoms with Gasteiger partial charge >= 0.3 is 0 Å². The van der Waals surface area contributed by atoms with Crippen LogP contribution in [-0.2, 0) is 11.2 Å². The number of carbonyl (C=O) groups excluding carboxylic acids is 1. The number of aliphatic imine (C=N–C) groups is 1. The molecule has 1 aromatic heterocycles. The van der Waals surface area contributed by atoms with Crippen LogP contribution in [0.15, 0.2) is 35.5 Å². The molecule has 0 aliphatic heterocycles. The molecule has 1 amide bonds. The van der Waals surface area contributed by atoms with Gasteiger partial charge in [0, 0.05) is 48.2 Å². The third-order valence-electron chi connectivity index (χ3n) is 5.71. The summed E-state index contributed by atoms with van der Waals surface area (Å²) in [6, 6.07) is 8.93. The number of carbonyl (C=O) groups is 1. The standard InChI is InChI=1S/C24H37N5O.HI/c1-4-25-24(29-20-11-7-9-18(15-20)23(30)28-17(2)3)26-14-8-10-19-16-27-22-13-6-5-12-21(19)22;/h5-6,12-13,16-18,20,27H,4,7-11,14-15H2,1-3H3,(H,28,30)(H2,25,26,29);1H. The first-order valence-electron chi connectivity index (χ1n) is 11.5. The number of nitrogens with zero attached hydrogens (tertiary/aromatic N) is 1. The minimum atomic E-state index is 0. The summed E-state index contributed by atoms with van der Waals surface area (Å²) in [5, 5.41) is 11.3. The van der Waals surface area contributed by atoms with Gasteiger partial charge in [-0.05, 0) is 64.5 Å².